The van der Waals surface area contributed by atoms with Crippen molar-refractivity contribution in [2.24, 2.45) is 0 Å². The number of phenols is 1. The maximum atomic E-state index is 11.2. The van der Waals surface area contributed by atoms with Crippen molar-refractivity contribution in [2.75, 3.05) is 14.2 Å². The fourth-order valence-electron chi connectivity index (χ4n) is 3.36. The fraction of sp³-hybridized carbons (Fsp3) is 0.250. The van der Waals surface area contributed by atoms with Gasteiger partial charge >= 0.3 is 0 Å². The summed E-state index contributed by atoms with van der Waals surface area (Å²) in [5.74, 6) is 2.28. The van der Waals surface area contributed by atoms with E-state index >= 15 is 0 Å². The maximum Gasteiger partial charge on any atom is 0.135 e. The van der Waals surface area contributed by atoms with Crippen LogP contribution in [0, 0.1) is 0 Å². The Morgan fingerprint density at radius 3 is 2.18 bits per heavy atom. The van der Waals surface area contributed by atoms with Crippen LogP contribution in [-0.4, -0.2) is 25.4 Å². The summed E-state index contributed by atoms with van der Waals surface area (Å²) in [6.45, 7) is 7.86. The van der Waals surface area contributed by atoms with E-state index in [9.17, 15) is 5.11 Å². The summed E-state index contributed by atoms with van der Waals surface area (Å²) in [5.41, 5.74) is 2.50. The second kappa shape index (κ2) is 8.26. The number of hydrogen-bond donors (Lipinski definition) is 1. The lowest BCUT2D eigenvalue weighted by atomic mass is 9.92. The molecular formula is C24H26O4. The molecule has 4 heteroatoms. The van der Waals surface area contributed by atoms with Crippen LogP contribution in [0.4, 0.5) is 0 Å². The first-order valence-electron chi connectivity index (χ1n) is 9.27. The average Bonchev–Trinajstić information content (AvgIpc) is 2.70. The molecule has 0 radical (unpaired) electrons. The monoisotopic (exact) mass is 378 g/mol. The van der Waals surface area contributed by atoms with E-state index in [1.54, 1.807) is 14.2 Å². The lowest BCUT2D eigenvalue weighted by molar-refractivity contribution is 0.241. The Labute approximate surface area is 166 Å². The van der Waals surface area contributed by atoms with Gasteiger partial charge in [0, 0.05) is 10.9 Å². The first-order valence-corrected chi connectivity index (χ1v) is 9.27. The molecule has 0 aliphatic rings. The predicted octanol–water partition coefficient (Wildman–Crippen LogP) is 5.75. The van der Waals surface area contributed by atoms with E-state index in [1.807, 2.05) is 62.4 Å². The summed E-state index contributed by atoms with van der Waals surface area (Å²) in [4.78, 5) is 0. The van der Waals surface area contributed by atoms with Crippen LogP contribution < -0.4 is 14.2 Å². The van der Waals surface area contributed by atoms with Crippen LogP contribution >= 0.6 is 0 Å². The number of fused-ring (bicyclic) bond motifs is 1. The molecule has 0 spiro atoms. The summed E-state index contributed by atoms with van der Waals surface area (Å²) < 4.78 is 16.9. The zero-order valence-electron chi connectivity index (χ0n) is 16.8. The highest BCUT2D eigenvalue weighted by Gasteiger charge is 2.22. The predicted molar refractivity (Wildman–Crippen MR) is 114 cm³/mol. The lowest BCUT2D eigenvalue weighted by Crippen LogP contribution is -2.09. The molecule has 3 aromatic rings. The molecular weight excluding hydrogens is 352 g/mol. The quantitative estimate of drug-likeness (QED) is 0.532. The van der Waals surface area contributed by atoms with Gasteiger partial charge in [0.15, 0.2) is 0 Å². The van der Waals surface area contributed by atoms with Gasteiger partial charge in [-0.2, -0.15) is 0 Å². The molecule has 0 aliphatic heterocycles. The standard InChI is InChI=1S/C24H26O4/c1-6-7-20-19-13-12-18(27-5)14-21(19)23(25)22(24(20)28-15(2)3)16-8-10-17(26-4)11-9-16/h6,8-15,25H,1,7H2,2-5H3. The van der Waals surface area contributed by atoms with E-state index in [2.05, 4.69) is 6.58 Å². The van der Waals surface area contributed by atoms with Crippen LogP contribution in [0.15, 0.2) is 55.1 Å². The SMILES string of the molecule is C=CCc1c(OC(C)C)c(-c2ccc(OC)cc2)c(O)c2cc(OC)ccc12. The van der Waals surface area contributed by atoms with E-state index < -0.39 is 0 Å². The molecule has 0 saturated heterocycles. The Hall–Kier alpha value is -3.14. The number of aromatic hydroxyl groups is 1. The van der Waals surface area contributed by atoms with Crippen molar-refractivity contribution in [2.45, 2.75) is 26.4 Å². The number of phenolic OH excluding ortho intramolecular Hbond substituents is 1. The van der Waals surface area contributed by atoms with Crippen LogP contribution in [0.25, 0.3) is 21.9 Å². The smallest absolute Gasteiger partial charge is 0.135 e. The second-order valence-corrected chi connectivity index (χ2v) is 6.83. The number of ether oxygens (including phenoxy) is 3. The molecule has 28 heavy (non-hydrogen) atoms. The third-order valence-corrected chi connectivity index (χ3v) is 4.63. The lowest BCUT2D eigenvalue weighted by Gasteiger charge is -2.22. The van der Waals surface area contributed by atoms with Gasteiger partial charge in [-0.05, 0) is 55.5 Å². The normalized spacial score (nSPS) is 10.9. The van der Waals surface area contributed by atoms with Crippen molar-refractivity contribution in [3.8, 4) is 34.1 Å². The van der Waals surface area contributed by atoms with Crippen molar-refractivity contribution in [1.29, 1.82) is 0 Å². The Morgan fingerprint density at radius 1 is 0.964 bits per heavy atom. The number of methoxy groups -OCH3 is 2. The minimum atomic E-state index is -0.0457. The Balaban J connectivity index is 2.40. The van der Waals surface area contributed by atoms with Gasteiger partial charge in [-0.25, -0.2) is 0 Å². The number of benzene rings is 3. The summed E-state index contributed by atoms with van der Waals surface area (Å²) >= 11 is 0. The molecule has 0 unspecified atom stereocenters. The van der Waals surface area contributed by atoms with Gasteiger partial charge in [-0.15, -0.1) is 6.58 Å². The van der Waals surface area contributed by atoms with Gasteiger partial charge < -0.3 is 19.3 Å². The summed E-state index contributed by atoms with van der Waals surface area (Å²) in [6.07, 6.45) is 2.42. The summed E-state index contributed by atoms with van der Waals surface area (Å²) in [6, 6.07) is 13.3. The van der Waals surface area contributed by atoms with E-state index in [1.165, 1.54) is 0 Å². The molecule has 3 rings (SSSR count). The molecule has 3 aromatic carbocycles. The van der Waals surface area contributed by atoms with Gasteiger partial charge in [0.1, 0.15) is 23.0 Å². The number of allylic oxidation sites excluding steroid dienone is 1. The molecule has 4 nitrogen and oxygen atoms in total. The van der Waals surface area contributed by atoms with Gasteiger partial charge in [-0.1, -0.05) is 24.3 Å². The van der Waals surface area contributed by atoms with E-state index in [4.69, 9.17) is 14.2 Å². The minimum absolute atomic E-state index is 0.0457. The Bertz CT molecular complexity index is 988. The third kappa shape index (κ3) is 3.63. The number of rotatable bonds is 7. The Kier molecular flexibility index (Phi) is 5.78. The first-order chi connectivity index (χ1) is 13.5. The Morgan fingerprint density at radius 2 is 1.61 bits per heavy atom. The molecule has 0 saturated carbocycles. The van der Waals surface area contributed by atoms with E-state index in [0.717, 1.165) is 27.6 Å². The molecule has 146 valence electrons. The molecule has 1 N–H and O–H groups in total. The second-order valence-electron chi connectivity index (χ2n) is 6.83. The molecule has 0 fully saturated rings. The van der Waals surface area contributed by atoms with Crippen LogP contribution in [0.3, 0.4) is 0 Å². The minimum Gasteiger partial charge on any atom is -0.507 e. The fourth-order valence-corrected chi connectivity index (χ4v) is 3.36. The van der Waals surface area contributed by atoms with E-state index in [-0.39, 0.29) is 11.9 Å². The van der Waals surface area contributed by atoms with Crippen molar-refractivity contribution in [3.05, 3.63) is 60.7 Å². The highest BCUT2D eigenvalue weighted by Crippen LogP contribution is 2.48. The largest absolute Gasteiger partial charge is 0.507 e. The molecule has 0 heterocycles. The van der Waals surface area contributed by atoms with Crippen molar-refractivity contribution >= 4 is 10.8 Å². The highest BCUT2D eigenvalue weighted by atomic mass is 16.5. The number of hydrogen-bond acceptors (Lipinski definition) is 4. The summed E-state index contributed by atoms with van der Waals surface area (Å²) in [7, 11) is 3.24. The van der Waals surface area contributed by atoms with Gasteiger partial charge in [0.25, 0.3) is 0 Å². The van der Waals surface area contributed by atoms with Crippen molar-refractivity contribution in [1.82, 2.24) is 0 Å². The zero-order chi connectivity index (χ0) is 20.3. The molecule has 0 aliphatic carbocycles. The summed E-state index contributed by atoms with van der Waals surface area (Å²) in [5, 5.41) is 12.9. The third-order valence-electron chi connectivity index (χ3n) is 4.63. The van der Waals surface area contributed by atoms with Crippen molar-refractivity contribution in [3.63, 3.8) is 0 Å². The average molecular weight is 378 g/mol. The van der Waals surface area contributed by atoms with E-state index in [0.29, 0.717) is 23.5 Å². The van der Waals surface area contributed by atoms with Crippen molar-refractivity contribution < 1.29 is 19.3 Å². The molecule has 0 amide bonds. The first kappa shape index (κ1) is 19.6. The highest BCUT2D eigenvalue weighted by molar-refractivity contribution is 6.01. The van der Waals surface area contributed by atoms with Crippen LogP contribution in [0.1, 0.15) is 19.4 Å². The molecule has 0 atom stereocenters. The van der Waals surface area contributed by atoms with Gasteiger partial charge in [0.05, 0.1) is 25.9 Å². The van der Waals surface area contributed by atoms with Crippen LogP contribution in [0.5, 0.6) is 23.0 Å². The molecule has 0 bridgehead atoms. The van der Waals surface area contributed by atoms with Crippen LogP contribution in [-0.2, 0) is 6.42 Å². The van der Waals surface area contributed by atoms with Crippen LogP contribution in [0.2, 0.25) is 0 Å². The van der Waals surface area contributed by atoms with Gasteiger partial charge in [0.2, 0.25) is 0 Å². The topological polar surface area (TPSA) is 47.9 Å². The van der Waals surface area contributed by atoms with Gasteiger partial charge in [-0.3, -0.25) is 0 Å². The zero-order valence-corrected chi connectivity index (χ0v) is 16.8. The maximum absolute atomic E-state index is 11.2. The molecule has 0 aromatic heterocycles.